The van der Waals surface area contributed by atoms with Crippen molar-refractivity contribution in [3.8, 4) is 0 Å². The van der Waals surface area contributed by atoms with Crippen LogP contribution in [-0.4, -0.2) is 53.8 Å². The lowest BCUT2D eigenvalue weighted by Crippen LogP contribution is -2.35. The molecule has 0 bridgehead atoms. The molecule has 3 unspecified atom stereocenters. The van der Waals surface area contributed by atoms with Crippen LogP contribution in [0.25, 0.3) is 0 Å². The van der Waals surface area contributed by atoms with Crippen LogP contribution in [0.15, 0.2) is 24.0 Å². The zero-order valence-corrected chi connectivity index (χ0v) is 14.7. The fraction of sp³-hybridized carbons (Fsp3) is 0.625. The van der Waals surface area contributed by atoms with Crippen molar-refractivity contribution in [1.82, 2.24) is 4.90 Å². The summed E-state index contributed by atoms with van der Waals surface area (Å²) in [5.41, 5.74) is 11.6. The molecule has 1 amide bonds. The van der Waals surface area contributed by atoms with Crippen LogP contribution < -0.4 is 11.5 Å². The Balaban J connectivity index is 1.77. The minimum absolute atomic E-state index is 0.160. The molecule has 2 rings (SSSR count). The van der Waals surface area contributed by atoms with E-state index in [1.165, 1.54) is 0 Å². The van der Waals surface area contributed by atoms with Crippen LogP contribution in [0, 0.1) is 0 Å². The van der Waals surface area contributed by atoms with Crippen molar-refractivity contribution in [2.24, 2.45) is 11.5 Å². The predicted molar refractivity (Wildman–Crippen MR) is 92.7 cm³/mol. The van der Waals surface area contributed by atoms with E-state index in [4.69, 9.17) is 20.9 Å². The Morgan fingerprint density at radius 3 is 3.00 bits per heavy atom. The first-order valence-electron chi connectivity index (χ1n) is 8.02. The lowest BCUT2D eigenvalue weighted by atomic mass is 10.1. The lowest BCUT2D eigenvalue weighted by molar-refractivity contribution is -0.150. The Labute approximate surface area is 146 Å². The van der Waals surface area contributed by atoms with E-state index in [0.717, 1.165) is 18.6 Å². The fourth-order valence-corrected chi connectivity index (χ4v) is 3.08. The number of carbonyl (C=O) groups is 2. The molecule has 3 atom stereocenters. The molecule has 0 aromatic rings. The zero-order valence-electron chi connectivity index (χ0n) is 13.8. The van der Waals surface area contributed by atoms with Gasteiger partial charge < -0.3 is 25.8 Å². The summed E-state index contributed by atoms with van der Waals surface area (Å²) >= 11 is 1.65. The third kappa shape index (κ3) is 5.25. The smallest absolute Gasteiger partial charge is 0.323 e. The van der Waals surface area contributed by atoms with Crippen molar-refractivity contribution in [1.29, 1.82) is 0 Å². The SMILES string of the molecule is CSCCC(N)C(=O)OCC1CCC(N2C=CCC(C(N)=O)=C2)O1. The number of thioether (sulfide) groups is 1. The van der Waals surface area contributed by atoms with E-state index in [0.29, 0.717) is 18.4 Å². The summed E-state index contributed by atoms with van der Waals surface area (Å²) in [5.74, 6) is 0.0191. The minimum atomic E-state index is -0.583. The van der Waals surface area contributed by atoms with E-state index < -0.39 is 11.9 Å². The van der Waals surface area contributed by atoms with Crippen LogP contribution >= 0.6 is 11.8 Å². The number of primary amides is 1. The summed E-state index contributed by atoms with van der Waals surface area (Å²) in [7, 11) is 0. The summed E-state index contributed by atoms with van der Waals surface area (Å²) in [4.78, 5) is 24.9. The van der Waals surface area contributed by atoms with Gasteiger partial charge in [0.1, 0.15) is 18.9 Å². The maximum absolute atomic E-state index is 11.8. The Hall–Kier alpha value is -1.51. The first-order valence-corrected chi connectivity index (χ1v) is 9.42. The molecule has 1 fully saturated rings. The highest BCUT2D eigenvalue weighted by atomic mass is 32.2. The summed E-state index contributed by atoms with van der Waals surface area (Å²) < 4.78 is 11.2. The van der Waals surface area contributed by atoms with Crippen LogP contribution in [0.5, 0.6) is 0 Å². The van der Waals surface area contributed by atoms with Crippen molar-refractivity contribution < 1.29 is 19.1 Å². The molecular formula is C16H25N3O4S. The van der Waals surface area contributed by atoms with Crippen molar-refractivity contribution in [2.45, 2.75) is 44.1 Å². The van der Waals surface area contributed by atoms with Gasteiger partial charge in [-0.05, 0) is 37.7 Å². The number of nitrogens with zero attached hydrogens (tertiary/aromatic N) is 1. The van der Waals surface area contributed by atoms with Gasteiger partial charge in [0.05, 0.1) is 6.10 Å². The highest BCUT2D eigenvalue weighted by Gasteiger charge is 2.30. The van der Waals surface area contributed by atoms with Gasteiger partial charge in [-0.1, -0.05) is 6.08 Å². The minimum Gasteiger partial charge on any atom is -0.462 e. The number of allylic oxidation sites excluding steroid dienone is 1. The number of hydrogen-bond donors (Lipinski definition) is 2. The lowest BCUT2D eigenvalue weighted by Gasteiger charge is -2.27. The quantitative estimate of drug-likeness (QED) is 0.617. The third-order valence-corrected chi connectivity index (χ3v) is 4.65. The van der Waals surface area contributed by atoms with Gasteiger partial charge in [0.15, 0.2) is 0 Å². The summed E-state index contributed by atoms with van der Waals surface area (Å²) in [6.07, 6.45) is 9.82. The monoisotopic (exact) mass is 355 g/mol. The van der Waals surface area contributed by atoms with E-state index in [2.05, 4.69) is 0 Å². The molecule has 0 saturated carbocycles. The van der Waals surface area contributed by atoms with Gasteiger partial charge in [0, 0.05) is 18.0 Å². The van der Waals surface area contributed by atoms with E-state index in [1.54, 1.807) is 18.0 Å². The highest BCUT2D eigenvalue weighted by Crippen LogP contribution is 2.26. The molecule has 1 saturated heterocycles. The fourth-order valence-electron chi connectivity index (χ4n) is 2.59. The topological polar surface area (TPSA) is 108 Å². The summed E-state index contributed by atoms with van der Waals surface area (Å²) in [6, 6.07) is -0.583. The van der Waals surface area contributed by atoms with Gasteiger partial charge in [0.2, 0.25) is 5.91 Å². The van der Waals surface area contributed by atoms with Gasteiger partial charge in [-0.25, -0.2) is 0 Å². The number of nitrogens with two attached hydrogens (primary N) is 2. The van der Waals surface area contributed by atoms with Crippen LogP contribution in [-0.2, 0) is 19.1 Å². The first-order chi connectivity index (χ1) is 11.5. The predicted octanol–water partition coefficient (Wildman–Crippen LogP) is 0.704. The molecular weight excluding hydrogens is 330 g/mol. The van der Waals surface area contributed by atoms with Crippen molar-refractivity contribution in [2.75, 3.05) is 18.6 Å². The van der Waals surface area contributed by atoms with Gasteiger partial charge in [-0.2, -0.15) is 11.8 Å². The van der Waals surface area contributed by atoms with Crippen LogP contribution in [0.3, 0.4) is 0 Å². The standard InChI is InChI=1S/C16H25N3O4S/c1-24-8-6-13(17)16(21)22-10-12-4-5-14(23-12)19-7-2-3-11(9-19)15(18)20/h2,7,9,12-14H,3-6,8,10,17H2,1H3,(H2,18,20). The van der Waals surface area contributed by atoms with Crippen molar-refractivity contribution >= 4 is 23.6 Å². The number of amides is 1. The van der Waals surface area contributed by atoms with Gasteiger partial charge in [0.25, 0.3) is 0 Å². The van der Waals surface area contributed by atoms with E-state index in [9.17, 15) is 9.59 Å². The molecule has 0 radical (unpaired) electrons. The molecule has 0 aliphatic carbocycles. The molecule has 2 heterocycles. The van der Waals surface area contributed by atoms with E-state index in [1.807, 2.05) is 23.4 Å². The van der Waals surface area contributed by atoms with Gasteiger partial charge in [-0.15, -0.1) is 0 Å². The van der Waals surface area contributed by atoms with Crippen LogP contribution in [0.4, 0.5) is 0 Å². The average molecular weight is 355 g/mol. The number of ether oxygens (including phenoxy) is 2. The molecule has 4 N–H and O–H groups in total. The largest absolute Gasteiger partial charge is 0.462 e. The number of carbonyl (C=O) groups excluding carboxylic acids is 2. The Bertz CT molecular complexity index is 523. The van der Waals surface area contributed by atoms with E-state index in [-0.39, 0.29) is 24.9 Å². The molecule has 0 aromatic carbocycles. The van der Waals surface area contributed by atoms with Crippen molar-refractivity contribution in [3.05, 3.63) is 24.0 Å². The molecule has 24 heavy (non-hydrogen) atoms. The Morgan fingerprint density at radius 1 is 1.50 bits per heavy atom. The second-order valence-corrected chi connectivity index (χ2v) is 6.85. The summed E-state index contributed by atoms with van der Waals surface area (Å²) in [5, 5.41) is 0. The highest BCUT2D eigenvalue weighted by molar-refractivity contribution is 7.98. The number of esters is 1. The van der Waals surface area contributed by atoms with Crippen LogP contribution in [0.2, 0.25) is 0 Å². The van der Waals surface area contributed by atoms with Gasteiger partial charge >= 0.3 is 5.97 Å². The van der Waals surface area contributed by atoms with Crippen molar-refractivity contribution in [3.63, 3.8) is 0 Å². The van der Waals surface area contributed by atoms with Gasteiger partial charge in [-0.3, -0.25) is 9.59 Å². The molecule has 2 aliphatic heterocycles. The van der Waals surface area contributed by atoms with E-state index >= 15 is 0 Å². The second-order valence-electron chi connectivity index (χ2n) is 5.86. The molecule has 0 spiro atoms. The molecule has 0 aromatic heterocycles. The normalized spacial score (nSPS) is 24.6. The summed E-state index contributed by atoms with van der Waals surface area (Å²) in [6.45, 7) is 0.201. The molecule has 2 aliphatic rings. The maximum Gasteiger partial charge on any atom is 0.323 e. The Kier molecular flexibility index (Phi) is 7.14. The average Bonchev–Trinajstić information content (AvgIpc) is 3.06. The third-order valence-electron chi connectivity index (χ3n) is 4.00. The molecule has 134 valence electrons. The second kappa shape index (κ2) is 9.10. The number of rotatable bonds is 8. The number of hydrogen-bond acceptors (Lipinski definition) is 7. The van der Waals surface area contributed by atoms with Crippen LogP contribution in [0.1, 0.15) is 25.7 Å². The Morgan fingerprint density at radius 2 is 2.29 bits per heavy atom. The zero-order chi connectivity index (χ0) is 17.5. The molecule has 8 heteroatoms. The maximum atomic E-state index is 11.8. The first kappa shape index (κ1) is 18.8. The molecule has 7 nitrogen and oxygen atoms in total.